The minimum Gasteiger partial charge on any atom is -0.493 e. The highest BCUT2D eigenvalue weighted by molar-refractivity contribution is 9.10. The maximum atomic E-state index is 13.4. The van der Waals surface area contributed by atoms with E-state index in [9.17, 15) is 9.18 Å². The van der Waals surface area contributed by atoms with Gasteiger partial charge in [0.25, 0.3) is 0 Å². The molecule has 0 amide bonds. The van der Waals surface area contributed by atoms with E-state index in [-0.39, 0.29) is 11.3 Å². The van der Waals surface area contributed by atoms with Crippen LogP contribution >= 0.6 is 15.9 Å². The summed E-state index contributed by atoms with van der Waals surface area (Å²) < 4.78 is 35.8. The fourth-order valence-electron chi connectivity index (χ4n) is 3.36. The summed E-state index contributed by atoms with van der Waals surface area (Å²) >= 11 is 3.53. The van der Waals surface area contributed by atoms with Gasteiger partial charge in [-0.3, -0.25) is 4.79 Å². The number of ketones is 1. The first kappa shape index (κ1) is 25.8. The van der Waals surface area contributed by atoms with Crippen LogP contribution in [0, 0.1) is 5.82 Å². The van der Waals surface area contributed by atoms with Gasteiger partial charge in [0.05, 0.1) is 38.6 Å². The molecule has 0 fully saturated rings. The molecule has 0 unspecified atom stereocenters. The molecule has 0 spiro atoms. The Morgan fingerprint density at radius 1 is 0.857 bits per heavy atom. The average Bonchev–Trinajstić information content (AvgIpc) is 2.86. The van der Waals surface area contributed by atoms with Gasteiger partial charge in [0.2, 0.25) is 5.75 Å². The Bertz CT molecular complexity index is 1250. The molecule has 182 valence electrons. The monoisotopic (exact) mass is 541 g/mol. The molecule has 0 aliphatic heterocycles. The van der Waals surface area contributed by atoms with Gasteiger partial charge in [-0.2, -0.15) is 0 Å². The first-order chi connectivity index (χ1) is 16.9. The molecule has 0 bridgehead atoms. The molecule has 0 saturated carbocycles. The van der Waals surface area contributed by atoms with Gasteiger partial charge < -0.3 is 24.3 Å². The summed E-state index contributed by atoms with van der Waals surface area (Å²) in [4.78, 5) is 12.3. The summed E-state index contributed by atoms with van der Waals surface area (Å²) in [7, 11) is 6.24. The zero-order chi connectivity index (χ0) is 25.4. The van der Waals surface area contributed by atoms with Crippen molar-refractivity contribution >= 4 is 39.6 Å². The number of hydrogen-bond donors (Lipinski definition) is 1. The Balaban J connectivity index is 1.85. The number of benzene rings is 3. The van der Waals surface area contributed by atoms with Gasteiger partial charge in [-0.1, -0.05) is 24.3 Å². The van der Waals surface area contributed by atoms with Gasteiger partial charge in [0, 0.05) is 17.8 Å². The Morgan fingerprint density at radius 2 is 1.49 bits per heavy atom. The van der Waals surface area contributed by atoms with Crippen LogP contribution in [0.15, 0.2) is 65.3 Å². The molecule has 3 aromatic rings. The van der Waals surface area contributed by atoms with Gasteiger partial charge in [-0.05, 0) is 63.5 Å². The maximum absolute atomic E-state index is 13.4. The molecule has 6 nitrogen and oxygen atoms in total. The molecule has 0 aliphatic carbocycles. The van der Waals surface area contributed by atoms with E-state index >= 15 is 0 Å². The van der Waals surface area contributed by atoms with E-state index < -0.39 is 5.82 Å². The Hall–Kier alpha value is -3.78. The molecule has 35 heavy (non-hydrogen) atoms. The van der Waals surface area contributed by atoms with E-state index in [1.165, 1.54) is 30.5 Å². The van der Waals surface area contributed by atoms with E-state index in [4.69, 9.17) is 18.9 Å². The lowest BCUT2D eigenvalue weighted by molar-refractivity contribution is 0.104. The molecule has 1 N–H and O–H groups in total. The van der Waals surface area contributed by atoms with Crippen molar-refractivity contribution in [1.82, 2.24) is 0 Å². The predicted molar refractivity (Wildman–Crippen MR) is 139 cm³/mol. The van der Waals surface area contributed by atoms with Crippen molar-refractivity contribution in [3.8, 4) is 23.0 Å². The maximum Gasteiger partial charge on any atom is 0.203 e. The number of carbonyl (C=O) groups excluding carboxylic acids is 1. The molecule has 0 saturated heterocycles. The minimum absolute atomic E-state index is 0.262. The van der Waals surface area contributed by atoms with Crippen LogP contribution in [0.25, 0.3) is 12.2 Å². The van der Waals surface area contributed by atoms with E-state index in [0.29, 0.717) is 28.7 Å². The third-order valence-corrected chi connectivity index (χ3v) is 5.60. The topological polar surface area (TPSA) is 66.0 Å². The summed E-state index contributed by atoms with van der Waals surface area (Å²) in [6, 6.07) is 13.0. The largest absolute Gasteiger partial charge is 0.493 e. The normalized spacial score (nSPS) is 11.0. The van der Waals surface area contributed by atoms with Crippen molar-refractivity contribution in [3.05, 3.63) is 87.8 Å². The summed E-state index contributed by atoms with van der Waals surface area (Å²) in [6.45, 7) is 0. The molecule has 0 atom stereocenters. The summed E-state index contributed by atoms with van der Waals surface area (Å²) in [5, 5.41) is 3.07. The standard InChI is InChI=1S/C27H25BrFNO5/c1-32-24-14-18(15-25(33-2)27(24)35-4)9-8-17-12-21(28)26(34-3)22(13-17)30-11-10-23(31)19-6-5-7-20(29)16-19/h5-16,30H,1-4H3. The van der Waals surface area contributed by atoms with Crippen molar-refractivity contribution in [2.45, 2.75) is 0 Å². The summed E-state index contributed by atoms with van der Waals surface area (Å²) in [5.41, 5.74) is 2.60. The number of nitrogens with one attached hydrogen (secondary N) is 1. The summed E-state index contributed by atoms with van der Waals surface area (Å²) in [5.74, 6) is 1.40. The molecule has 0 aromatic heterocycles. The Kier molecular flexibility index (Phi) is 8.92. The van der Waals surface area contributed by atoms with Crippen LogP contribution in [0.4, 0.5) is 10.1 Å². The minimum atomic E-state index is -0.464. The lowest BCUT2D eigenvalue weighted by Gasteiger charge is -2.13. The number of anilines is 1. The molecule has 0 heterocycles. The lowest BCUT2D eigenvalue weighted by atomic mass is 10.1. The first-order valence-electron chi connectivity index (χ1n) is 10.5. The second-order valence-electron chi connectivity index (χ2n) is 7.23. The van der Waals surface area contributed by atoms with Crippen LogP contribution in [-0.2, 0) is 0 Å². The quantitative estimate of drug-likeness (QED) is 0.177. The Labute approximate surface area is 212 Å². The van der Waals surface area contributed by atoms with Crippen molar-refractivity contribution in [3.63, 3.8) is 0 Å². The van der Waals surface area contributed by atoms with Crippen molar-refractivity contribution < 1.29 is 28.1 Å². The molecular weight excluding hydrogens is 517 g/mol. The molecule has 8 heteroatoms. The van der Waals surface area contributed by atoms with Gasteiger partial charge in [0.1, 0.15) is 5.82 Å². The van der Waals surface area contributed by atoms with Crippen LogP contribution in [0.5, 0.6) is 23.0 Å². The number of methoxy groups -OCH3 is 4. The number of carbonyl (C=O) groups is 1. The second-order valence-corrected chi connectivity index (χ2v) is 8.08. The van der Waals surface area contributed by atoms with Crippen LogP contribution in [0.3, 0.4) is 0 Å². The van der Waals surface area contributed by atoms with E-state index in [0.717, 1.165) is 15.6 Å². The Morgan fingerprint density at radius 3 is 2.06 bits per heavy atom. The number of halogens is 2. The molecule has 0 radical (unpaired) electrons. The van der Waals surface area contributed by atoms with Crippen LogP contribution < -0.4 is 24.3 Å². The number of allylic oxidation sites excluding steroid dienone is 1. The fraction of sp³-hybridized carbons (Fsp3) is 0.148. The number of ether oxygens (including phenoxy) is 4. The first-order valence-corrected chi connectivity index (χ1v) is 11.3. The number of rotatable bonds is 10. The summed E-state index contributed by atoms with van der Waals surface area (Å²) in [6.07, 6.45) is 6.65. The second kappa shape index (κ2) is 12.1. The lowest BCUT2D eigenvalue weighted by Crippen LogP contribution is -1.99. The predicted octanol–water partition coefficient (Wildman–Crippen LogP) is 6.60. The van der Waals surface area contributed by atoms with Crippen LogP contribution in [0.1, 0.15) is 21.5 Å². The van der Waals surface area contributed by atoms with Crippen molar-refractivity contribution in [1.29, 1.82) is 0 Å². The van der Waals surface area contributed by atoms with E-state index in [1.54, 1.807) is 34.5 Å². The van der Waals surface area contributed by atoms with Crippen LogP contribution in [-0.4, -0.2) is 34.2 Å². The highest BCUT2D eigenvalue weighted by Crippen LogP contribution is 2.39. The highest BCUT2D eigenvalue weighted by Gasteiger charge is 2.13. The zero-order valence-corrected chi connectivity index (χ0v) is 21.3. The third kappa shape index (κ3) is 6.42. The molecule has 0 aliphatic rings. The SMILES string of the molecule is COc1cc(C=Cc2cc(Br)c(OC)c(NC=CC(=O)c3cccc(F)c3)c2)cc(OC)c1OC. The van der Waals surface area contributed by atoms with Gasteiger partial charge in [-0.15, -0.1) is 0 Å². The fourth-order valence-corrected chi connectivity index (χ4v) is 4.00. The van der Waals surface area contributed by atoms with E-state index in [2.05, 4.69) is 21.2 Å². The van der Waals surface area contributed by atoms with Gasteiger partial charge in [-0.25, -0.2) is 4.39 Å². The van der Waals surface area contributed by atoms with Crippen molar-refractivity contribution in [2.75, 3.05) is 33.8 Å². The molecule has 3 aromatic carbocycles. The van der Waals surface area contributed by atoms with Gasteiger partial charge >= 0.3 is 0 Å². The van der Waals surface area contributed by atoms with Gasteiger partial charge in [0.15, 0.2) is 23.0 Å². The van der Waals surface area contributed by atoms with Crippen LogP contribution in [0.2, 0.25) is 0 Å². The third-order valence-electron chi connectivity index (χ3n) is 5.01. The smallest absolute Gasteiger partial charge is 0.203 e. The zero-order valence-electron chi connectivity index (χ0n) is 19.7. The number of hydrogen-bond acceptors (Lipinski definition) is 6. The highest BCUT2D eigenvalue weighted by atomic mass is 79.9. The van der Waals surface area contributed by atoms with E-state index in [1.807, 2.05) is 36.4 Å². The average molecular weight is 542 g/mol. The molecule has 3 rings (SSSR count). The molecular formula is C27H25BrFNO5. The van der Waals surface area contributed by atoms with Crippen molar-refractivity contribution in [2.24, 2.45) is 0 Å².